The van der Waals surface area contributed by atoms with Gasteiger partial charge in [0.05, 0.1) is 13.2 Å². The summed E-state index contributed by atoms with van der Waals surface area (Å²) < 4.78 is 18.5. The maximum Gasteiger partial charge on any atom is 0.123 e. The van der Waals surface area contributed by atoms with Crippen LogP contribution in [0.1, 0.15) is 17.2 Å². The lowest BCUT2D eigenvalue weighted by Gasteiger charge is -2.18. The fourth-order valence-electron chi connectivity index (χ4n) is 2.14. The van der Waals surface area contributed by atoms with Crippen molar-refractivity contribution >= 4 is 5.69 Å². The molecule has 1 atom stereocenters. The number of anilines is 1. The Morgan fingerprint density at radius 2 is 2.05 bits per heavy atom. The number of hydrogen-bond donors (Lipinski definition) is 3. The smallest absolute Gasteiger partial charge is 0.123 e. The highest BCUT2D eigenvalue weighted by Gasteiger charge is 2.14. The van der Waals surface area contributed by atoms with Crippen LogP contribution >= 0.6 is 0 Å². The zero-order valence-corrected chi connectivity index (χ0v) is 11.3. The molecule has 0 bridgehead atoms. The molecule has 20 heavy (non-hydrogen) atoms. The van der Waals surface area contributed by atoms with Crippen LogP contribution in [0.4, 0.5) is 10.1 Å². The first-order valence-electron chi connectivity index (χ1n) is 6.28. The Balaban J connectivity index is 2.26. The molecule has 0 saturated heterocycles. The zero-order valence-electron chi connectivity index (χ0n) is 11.3. The summed E-state index contributed by atoms with van der Waals surface area (Å²) in [4.78, 5) is 0. The van der Waals surface area contributed by atoms with Crippen molar-refractivity contribution in [3.8, 4) is 5.75 Å². The van der Waals surface area contributed by atoms with E-state index in [0.717, 1.165) is 11.3 Å². The molecule has 4 nitrogen and oxygen atoms in total. The molecule has 2 rings (SSSR count). The zero-order chi connectivity index (χ0) is 14.5. The highest BCUT2D eigenvalue weighted by atomic mass is 19.1. The molecule has 0 amide bonds. The summed E-state index contributed by atoms with van der Waals surface area (Å²) in [7, 11) is 1.61. The maximum absolute atomic E-state index is 13.4. The van der Waals surface area contributed by atoms with E-state index in [1.165, 1.54) is 12.1 Å². The van der Waals surface area contributed by atoms with Gasteiger partial charge in [-0.3, -0.25) is 11.3 Å². The summed E-state index contributed by atoms with van der Waals surface area (Å²) in [5, 5.41) is 0. The second-order valence-electron chi connectivity index (χ2n) is 4.55. The summed E-state index contributed by atoms with van der Waals surface area (Å²) in [5.74, 6) is 6.02. The van der Waals surface area contributed by atoms with Crippen molar-refractivity contribution in [2.75, 3.05) is 12.8 Å². The number of ether oxygens (including phenoxy) is 1. The minimum atomic E-state index is -0.333. The topological polar surface area (TPSA) is 73.3 Å². The fraction of sp³-hybridized carbons (Fsp3) is 0.200. The lowest BCUT2D eigenvalue weighted by Crippen LogP contribution is -2.30. The molecule has 106 valence electrons. The number of hydrazine groups is 1. The summed E-state index contributed by atoms with van der Waals surface area (Å²) in [6.07, 6.45) is 0.585. The van der Waals surface area contributed by atoms with Crippen molar-refractivity contribution in [3.05, 3.63) is 59.4 Å². The van der Waals surface area contributed by atoms with Gasteiger partial charge in [0, 0.05) is 5.69 Å². The number of methoxy groups -OCH3 is 1. The predicted octanol–water partition coefficient (Wildman–Crippen LogP) is 2.16. The monoisotopic (exact) mass is 275 g/mol. The first-order valence-corrected chi connectivity index (χ1v) is 6.28. The number of benzene rings is 2. The molecule has 2 aromatic carbocycles. The number of nitrogen functional groups attached to an aromatic ring is 1. The van der Waals surface area contributed by atoms with Crippen LogP contribution in [0.25, 0.3) is 0 Å². The van der Waals surface area contributed by atoms with Gasteiger partial charge in [-0.25, -0.2) is 4.39 Å². The molecule has 2 aromatic rings. The highest BCUT2D eigenvalue weighted by molar-refractivity contribution is 5.49. The van der Waals surface area contributed by atoms with Crippen molar-refractivity contribution in [1.82, 2.24) is 5.43 Å². The van der Waals surface area contributed by atoms with E-state index in [4.69, 9.17) is 16.3 Å². The average Bonchev–Trinajstić information content (AvgIpc) is 2.47. The van der Waals surface area contributed by atoms with Crippen LogP contribution in [0.15, 0.2) is 42.5 Å². The van der Waals surface area contributed by atoms with Crippen LogP contribution in [0.5, 0.6) is 5.75 Å². The molecule has 0 saturated carbocycles. The minimum Gasteiger partial charge on any atom is -0.497 e. The molecule has 0 aliphatic rings. The molecule has 0 heterocycles. The van der Waals surface area contributed by atoms with Gasteiger partial charge in [-0.1, -0.05) is 12.1 Å². The molecular formula is C15H18FN3O. The van der Waals surface area contributed by atoms with Gasteiger partial charge in [-0.05, 0) is 47.9 Å². The Kier molecular flexibility index (Phi) is 4.55. The number of nitrogens with one attached hydrogen (secondary N) is 1. The summed E-state index contributed by atoms with van der Waals surface area (Å²) >= 11 is 0. The average molecular weight is 275 g/mol. The van der Waals surface area contributed by atoms with Crippen molar-refractivity contribution < 1.29 is 9.13 Å². The van der Waals surface area contributed by atoms with Crippen molar-refractivity contribution in [3.63, 3.8) is 0 Å². The lowest BCUT2D eigenvalue weighted by molar-refractivity contribution is 0.414. The molecule has 0 aromatic heterocycles. The van der Waals surface area contributed by atoms with E-state index in [1.807, 2.05) is 24.3 Å². The Morgan fingerprint density at radius 3 is 2.75 bits per heavy atom. The van der Waals surface area contributed by atoms with Gasteiger partial charge < -0.3 is 10.5 Å². The van der Waals surface area contributed by atoms with Gasteiger partial charge in [-0.15, -0.1) is 0 Å². The molecule has 0 aliphatic carbocycles. The molecule has 5 N–H and O–H groups in total. The lowest BCUT2D eigenvalue weighted by atomic mass is 9.98. The first kappa shape index (κ1) is 14.3. The first-order chi connectivity index (χ1) is 9.63. The van der Waals surface area contributed by atoms with Crippen molar-refractivity contribution in [2.45, 2.75) is 12.5 Å². The quantitative estimate of drug-likeness (QED) is 0.444. The Morgan fingerprint density at radius 1 is 1.25 bits per heavy atom. The minimum absolute atomic E-state index is 0.266. The Bertz CT molecular complexity index is 589. The Labute approximate surface area is 117 Å². The van der Waals surface area contributed by atoms with E-state index in [0.29, 0.717) is 17.7 Å². The number of hydrogen-bond acceptors (Lipinski definition) is 4. The second-order valence-corrected chi connectivity index (χ2v) is 4.55. The van der Waals surface area contributed by atoms with Gasteiger partial charge in [0.1, 0.15) is 11.6 Å². The standard InChI is InChI=1S/C15H18FN3O/c1-20-12-4-2-3-10(7-12)8-15(19-18)13-9-11(16)5-6-14(13)17/h2-7,9,15,19H,8,17-18H2,1H3. The van der Waals surface area contributed by atoms with E-state index in [1.54, 1.807) is 13.2 Å². The predicted molar refractivity (Wildman–Crippen MR) is 77.6 cm³/mol. The van der Waals surface area contributed by atoms with E-state index < -0.39 is 0 Å². The molecule has 0 spiro atoms. The summed E-state index contributed by atoms with van der Waals surface area (Å²) in [6, 6.07) is 11.7. The van der Waals surface area contributed by atoms with Crippen LogP contribution in [0.2, 0.25) is 0 Å². The van der Waals surface area contributed by atoms with Crippen LogP contribution < -0.4 is 21.7 Å². The molecule has 5 heteroatoms. The van der Waals surface area contributed by atoms with Crippen molar-refractivity contribution in [2.24, 2.45) is 5.84 Å². The second kappa shape index (κ2) is 6.36. The van der Waals surface area contributed by atoms with Gasteiger partial charge in [-0.2, -0.15) is 0 Å². The molecule has 0 aliphatic heterocycles. The van der Waals surface area contributed by atoms with Gasteiger partial charge in [0.15, 0.2) is 0 Å². The molecule has 0 fully saturated rings. The van der Waals surface area contributed by atoms with Crippen LogP contribution in [-0.2, 0) is 6.42 Å². The third kappa shape index (κ3) is 3.26. The molecule has 1 unspecified atom stereocenters. The summed E-state index contributed by atoms with van der Waals surface area (Å²) in [6.45, 7) is 0. The Hall–Kier alpha value is -2.11. The van der Waals surface area contributed by atoms with Gasteiger partial charge in [0.25, 0.3) is 0 Å². The molecule has 0 radical (unpaired) electrons. The SMILES string of the molecule is COc1cccc(CC(NN)c2cc(F)ccc2N)c1. The van der Waals surface area contributed by atoms with Crippen molar-refractivity contribution in [1.29, 1.82) is 0 Å². The number of halogens is 1. The third-order valence-electron chi connectivity index (χ3n) is 3.20. The van der Waals surface area contributed by atoms with Gasteiger partial charge in [0.2, 0.25) is 0 Å². The number of nitrogens with two attached hydrogens (primary N) is 2. The van der Waals surface area contributed by atoms with E-state index >= 15 is 0 Å². The normalized spacial score (nSPS) is 12.2. The van der Waals surface area contributed by atoms with Crippen LogP contribution in [0.3, 0.4) is 0 Å². The highest BCUT2D eigenvalue weighted by Crippen LogP contribution is 2.25. The van der Waals surface area contributed by atoms with E-state index in [-0.39, 0.29) is 11.9 Å². The van der Waals surface area contributed by atoms with Crippen LogP contribution in [-0.4, -0.2) is 7.11 Å². The van der Waals surface area contributed by atoms with Gasteiger partial charge >= 0.3 is 0 Å². The fourth-order valence-corrected chi connectivity index (χ4v) is 2.14. The largest absolute Gasteiger partial charge is 0.497 e. The maximum atomic E-state index is 13.4. The number of rotatable bonds is 5. The van der Waals surface area contributed by atoms with E-state index in [2.05, 4.69) is 5.43 Å². The van der Waals surface area contributed by atoms with E-state index in [9.17, 15) is 4.39 Å². The summed E-state index contributed by atoms with van der Waals surface area (Å²) in [5.41, 5.74) is 10.8. The van der Waals surface area contributed by atoms with Crippen LogP contribution in [0, 0.1) is 5.82 Å². The molecular weight excluding hydrogens is 257 g/mol. The third-order valence-corrected chi connectivity index (χ3v) is 3.20.